The summed E-state index contributed by atoms with van der Waals surface area (Å²) in [5.41, 5.74) is 0. The molecule has 0 amide bonds. The number of hydrogen-bond donors (Lipinski definition) is 0. The van der Waals surface area contributed by atoms with Crippen LogP contribution < -0.4 is 0 Å². The first-order chi connectivity index (χ1) is 6.90. The summed E-state index contributed by atoms with van der Waals surface area (Å²) in [6.45, 7) is 2.57. The molecule has 1 saturated carbocycles. The zero-order chi connectivity index (χ0) is 9.80. The topological polar surface area (TPSA) is 29.5 Å². The molecule has 14 heavy (non-hydrogen) atoms. The molecule has 2 aliphatic rings. The first-order valence-corrected chi connectivity index (χ1v) is 5.67. The minimum Gasteiger partial charge on any atom is -0.366 e. The predicted molar refractivity (Wildman–Crippen MR) is 54.0 cm³/mol. The minimum absolute atomic E-state index is 0.114. The highest BCUT2D eigenvalue weighted by atomic mass is 16.5. The monoisotopic (exact) mass is 197 g/mol. The fourth-order valence-electron chi connectivity index (χ4n) is 1.95. The highest BCUT2D eigenvalue weighted by Gasteiger charge is 2.24. The molecule has 2 fully saturated rings. The average molecular weight is 197 g/mol. The Bertz CT molecular complexity index is 192. The Labute approximate surface area is 85.4 Å². The Morgan fingerprint density at radius 1 is 1.29 bits per heavy atom. The third-order valence-corrected chi connectivity index (χ3v) is 3.13. The van der Waals surface area contributed by atoms with E-state index in [1.54, 1.807) is 0 Å². The molecule has 0 aromatic rings. The largest absolute Gasteiger partial charge is 0.366 e. The van der Waals surface area contributed by atoms with E-state index < -0.39 is 0 Å². The Balaban J connectivity index is 1.67. The maximum absolute atomic E-state index is 10.8. The smallest absolute Gasteiger partial charge is 0.137 e. The molecule has 0 bridgehead atoms. The number of carbonyl (C=O) groups excluding carboxylic acids is 1. The molecule has 0 aromatic heterocycles. The molecule has 1 atom stereocenters. The second-order valence-electron chi connectivity index (χ2n) is 4.45. The summed E-state index contributed by atoms with van der Waals surface area (Å²) in [4.78, 5) is 12.9. The van der Waals surface area contributed by atoms with Crippen molar-refractivity contribution in [3.05, 3.63) is 0 Å². The van der Waals surface area contributed by atoms with Crippen LogP contribution in [0.2, 0.25) is 0 Å². The Morgan fingerprint density at radius 3 is 2.86 bits per heavy atom. The number of nitrogens with zero attached hydrogens (tertiary/aromatic N) is 1. The molecule has 0 spiro atoms. The summed E-state index contributed by atoms with van der Waals surface area (Å²) in [5.74, 6) is 0.814. The first-order valence-electron chi connectivity index (χ1n) is 5.67. The molecule has 0 aromatic carbocycles. The van der Waals surface area contributed by atoms with Crippen molar-refractivity contribution >= 4 is 6.29 Å². The number of rotatable bonds is 5. The number of carbonyl (C=O) groups is 1. The van der Waals surface area contributed by atoms with Gasteiger partial charge in [-0.3, -0.25) is 4.90 Å². The van der Waals surface area contributed by atoms with Crippen LogP contribution in [0.15, 0.2) is 0 Å². The summed E-state index contributed by atoms with van der Waals surface area (Å²) >= 11 is 0. The second kappa shape index (κ2) is 4.89. The molecule has 1 heterocycles. The van der Waals surface area contributed by atoms with Crippen molar-refractivity contribution < 1.29 is 9.53 Å². The van der Waals surface area contributed by atoms with E-state index in [1.165, 1.54) is 25.7 Å². The lowest BCUT2D eigenvalue weighted by atomic mass is 10.0. The van der Waals surface area contributed by atoms with Crippen molar-refractivity contribution in [3.63, 3.8) is 0 Å². The van der Waals surface area contributed by atoms with Crippen LogP contribution in [-0.4, -0.2) is 37.1 Å². The van der Waals surface area contributed by atoms with E-state index >= 15 is 0 Å². The van der Waals surface area contributed by atoms with Gasteiger partial charge in [0.15, 0.2) is 0 Å². The molecule has 1 aliphatic heterocycles. The van der Waals surface area contributed by atoms with E-state index in [-0.39, 0.29) is 6.04 Å². The van der Waals surface area contributed by atoms with Crippen molar-refractivity contribution in [2.75, 3.05) is 19.9 Å². The van der Waals surface area contributed by atoms with Gasteiger partial charge in [0.1, 0.15) is 6.29 Å². The molecule has 1 unspecified atom stereocenters. The first kappa shape index (κ1) is 10.1. The minimum atomic E-state index is 0.114. The quantitative estimate of drug-likeness (QED) is 0.624. The van der Waals surface area contributed by atoms with Crippen LogP contribution >= 0.6 is 0 Å². The van der Waals surface area contributed by atoms with Gasteiger partial charge in [0.25, 0.3) is 0 Å². The fourth-order valence-corrected chi connectivity index (χ4v) is 1.95. The summed E-state index contributed by atoms with van der Waals surface area (Å²) < 4.78 is 5.60. The highest BCUT2D eigenvalue weighted by molar-refractivity contribution is 5.57. The van der Waals surface area contributed by atoms with Crippen LogP contribution in [-0.2, 0) is 9.53 Å². The van der Waals surface area contributed by atoms with E-state index in [0.29, 0.717) is 6.73 Å². The van der Waals surface area contributed by atoms with Gasteiger partial charge in [-0.2, -0.15) is 0 Å². The van der Waals surface area contributed by atoms with Gasteiger partial charge in [-0.15, -0.1) is 0 Å². The van der Waals surface area contributed by atoms with Gasteiger partial charge in [0, 0.05) is 6.54 Å². The molecule has 2 rings (SSSR count). The number of likely N-dealkylation sites (tertiary alicyclic amines) is 1. The standard InChI is InChI=1S/C11H19NO2/c13-7-11-3-1-2-6-12(11)9-14-8-10-4-5-10/h7,10-11H,1-6,8-9H2. The van der Waals surface area contributed by atoms with Gasteiger partial charge in [0.2, 0.25) is 0 Å². The molecular formula is C11H19NO2. The fraction of sp³-hybridized carbons (Fsp3) is 0.909. The maximum atomic E-state index is 10.8. The normalized spacial score (nSPS) is 29.0. The van der Waals surface area contributed by atoms with Crippen molar-refractivity contribution in [1.29, 1.82) is 0 Å². The summed E-state index contributed by atoms with van der Waals surface area (Å²) in [7, 11) is 0. The number of aldehydes is 1. The maximum Gasteiger partial charge on any atom is 0.137 e. The van der Waals surface area contributed by atoms with Crippen LogP contribution in [0.4, 0.5) is 0 Å². The van der Waals surface area contributed by atoms with Gasteiger partial charge in [-0.05, 0) is 31.6 Å². The average Bonchev–Trinajstić information content (AvgIpc) is 3.03. The van der Waals surface area contributed by atoms with E-state index in [9.17, 15) is 4.79 Å². The lowest BCUT2D eigenvalue weighted by Crippen LogP contribution is -2.41. The molecular weight excluding hydrogens is 178 g/mol. The van der Waals surface area contributed by atoms with Crippen LogP contribution in [0.1, 0.15) is 32.1 Å². The zero-order valence-corrected chi connectivity index (χ0v) is 8.65. The Morgan fingerprint density at radius 2 is 2.14 bits per heavy atom. The Kier molecular flexibility index (Phi) is 3.54. The molecule has 3 heteroatoms. The van der Waals surface area contributed by atoms with Crippen LogP contribution in [0.3, 0.4) is 0 Å². The summed E-state index contributed by atoms with van der Waals surface area (Å²) in [5, 5.41) is 0. The van der Waals surface area contributed by atoms with E-state index in [2.05, 4.69) is 4.90 Å². The van der Waals surface area contributed by atoms with Crippen LogP contribution in [0.5, 0.6) is 0 Å². The molecule has 80 valence electrons. The molecule has 1 aliphatic carbocycles. The second-order valence-corrected chi connectivity index (χ2v) is 4.45. The van der Waals surface area contributed by atoms with Crippen molar-refractivity contribution in [1.82, 2.24) is 4.90 Å². The van der Waals surface area contributed by atoms with Gasteiger partial charge in [-0.1, -0.05) is 6.42 Å². The van der Waals surface area contributed by atoms with Crippen LogP contribution in [0.25, 0.3) is 0 Å². The van der Waals surface area contributed by atoms with Crippen molar-refractivity contribution in [2.24, 2.45) is 5.92 Å². The lowest BCUT2D eigenvalue weighted by Gasteiger charge is -2.31. The summed E-state index contributed by atoms with van der Waals surface area (Å²) in [6, 6.07) is 0.114. The number of hydrogen-bond acceptors (Lipinski definition) is 3. The molecule has 3 nitrogen and oxygen atoms in total. The molecule has 0 N–H and O–H groups in total. The Hall–Kier alpha value is -0.410. The number of piperidine rings is 1. The third-order valence-electron chi connectivity index (χ3n) is 3.13. The highest BCUT2D eigenvalue weighted by Crippen LogP contribution is 2.29. The van der Waals surface area contributed by atoms with Gasteiger partial charge in [-0.25, -0.2) is 0 Å². The van der Waals surface area contributed by atoms with Crippen LogP contribution in [0, 0.1) is 5.92 Å². The van der Waals surface area contributed by atoms with Gasteiger partial charge >= 0.3 is 0 Å². The van der Waals surface area contributed by atoms with E-state index in [1.807, 2.05) is 0 Å². The number of ether oxygens (including phenoxy) is 1. The molecule has 0 radical (unpaired) electrons. The SMILES string of the molecule is O=CC1CCCCN1COCC1CC1. The van der Waals surface area contributed by atoms with E-state index in [4.69, 9.17) is 4.74 Å². The van der Waals surface area contributed by atoms with E-state index in [0.717, 1.165) is 31.8 Å². The summed E-state index contributed by atoms with van der Waals surface area (Å²) in [6.07, 6.45) is 7.13. The predicted octanol–water partition coefficient (Wildman–Crippen LogP) is 1.42. The van der Waals surface area contributed by atoms with Gasteiger partial charge in [0.05, 0.1) is 19.4 Å². The lowest BCUT2D eigenvalue weighted by molar-refractivity contribution is -0.116. The third kappa shape index (κ3) is 2.79. The zero-order valence-electron chi connectivity index (χ0n) is 8.65. The van der Waals surface area contributed by atoms with Crippen molar-refractivity contribution in [3.8, 4) is 0 Å². The van der Waals surface area contributed by atoms with Gasteiger partial charge < -0.3 is 9.53 Å². The molecule has 1 saturated heterocycles. The van der Waals surface area contributed by atoms with Crippen molar-refractivity contribution in [2.45, 2.75) is 38.1 Å².